The Morgan fingerprint density at radius 3 is 2.27 bits per heavy atom. The standard InChI is InChI=1S/C33H24BrClN4O8S2/c34-24-12-8-20(9-13-24)16-27(31(41)37-49(46,47)25-14-15-26(35)28(18-25)39(44)45)36-30(40)19-38-32(42)29(48-33(38)43)17-21-6-10-23(11-7-21)22-4-2-1-3-5-22/h1-15,17-18,27H,16,19H2,(H,36,40)(H,37,41)/t27-/m0/s1. The fourth-order valence-electron chi connectivity index (χ4n) is 4.70. The van der Waals surface area contributed by atoms with E-state index in [9.17, 15) is 37.7 Å². The molecular weight excluding hydrogens is 760 g/mol. The van der Waals surface area contributed by atoms with Crippen molar-refractivity contribution in [3.05, 3.63) is 133 Å². The van der Waals surface area contributed by atoms with E-state index >= 15 is 0 Å². The molecule has 12 nitrogen and oxygen atoms in total. The number of amides is 4. The fraction of sp³-hybridized carbons (Fsp3) is 0.0909. The van der Waals surface area contributed by atoms with Crippen LogP contribution in [0.5, 0.6) is 0 Å². The zero-order valence-corrected chi connectivity index (χ0v) is 29.0. The first-order valence-electron chi connectivity index (χ1n) is 14.3. The van der Waals surface area contributed by atoms with Gasteiger partial charge in [-0.1, -0.05) is 94.3 Å². The molecule has 2 N–H and O–H groups in total. The van der Waals surface area contributed by atoms with Crippen LogP contribution in [-0.4, -0.2) is 53.8 Å². The molecule has 1 saturated heterocycles. The maximum atomic E-state index is 13.3. The summed E-state index contributed by atoms with van der Waals surface area (Å²) in [5, 5.41) is 12.7. The molecule has 5 rings (SSSR count). The van der Waals surface area contributed by atoms with Crippen molar-refractivity contribution < 1.29 is 32.5 Å². The van der Waals surface area contributed by atoms with E-state index in [2.05, 4.69) is 21.2 Å². The van der Waals surface area contributed by atoms with Crippen LogP contribution in [0.1, 0.15) is 11.1 Å². The molecule has 0 spiro atoms. The first-order valence-corrected chi connectivity index (χ1v) is 17.7. The number of nitro groups is 1. The van der Waals surface area contributed by atoms with Crippen molar-refractivity contribution >= 4 is 84.0 Å². The summed E-state index contributed by atoms with van der Waals surface area (Å²) in [7, 11) is -4.66. The lowest BCUT2D eigenvalue weighted by Gasteiger charge is -2.20. The van der Waals surface area contributed by atoms with Crippen molar-refractivity contribution in [2.75, 3.05) is 6.54 Å². The largest absolute Gasteiger partial charge is 0.342 e. The molecule has 0 aromatic heterocycles. The van der Waals surface area contributed by atoms with E-state index in [0.717, 1.165) is 32.6 Å². The van der Waals surface area contributed by atoms with E-state index in [0.29, 0.717) is 29.0 Å². The van der Waals surface area contributed by atoms with Gasteiger partial charge in [0, 0.05) is 17.0 Å². The number of rotatable bonds is 11. The van der Waals surface area contributed by atoms with Crippen molar-refractivity contribution in [1.82, 2.24) is 14.9 Å². The average Bonchev–Trinajstić information content (AvgIpc) is 3.33. The van der Waals surface area contributed by atoms with Gasteiger partial charge in [0.1, 0.15) is 17.6 Å². The highest BCUT2D eigenvalue weighted by molar-refractivity contribution is 9.10. The predicted octanol–water partition coefficient (Wildman–Crippen LogP) is 5.95. The number of hydrogen-bond donors (Lipinski definition) is 2. The Bertz CT molecular complexity index is 2100. The number of nitrogens with one attached hydrogen (secondary N) is 2. The number of carbonyl (C=O) groups is 4. The molecule has 16 heteroatoms. The van der Waals surface area contributed by atoms with E-state index in [1.807, 2.05) is 47.2 Å². The number of thioether (sulfide) groups is 1. The van der Waals surface area contributed by atoms with Crippen LogP contribution in [0.3, 0.4) is 0 Å². The lowest BCUT2D eigenvalue weighted by atomic mass is 10.0. The summed E-state index contributed by atoms with van der Waals surface area (Å²) in [6, 6.07) is 24.9. The molecule has 4 aromatic rings. The molecule has 1 atom stereocenters. The molecule has 250 valence electrons. The quantitative estimate of drug-likeness (QED) is 0.106. The number of nitrogens with zero attached hydrogens (tertiary/aromatic N) is 2. The number of sulfonamides is 1. The molecule has 0 radical (unpaired) electrons. The summed E-state index contributed by atoms with van der Waals surface area (Å²) in [5.41, 5.74) is 2.49. The number of imide groups is 1. The first-order chi connectivity index (χ1) is 23.3. The van der Waals surface area contributed by atoms with Gasteiger partial charge in [-0.15, -0.1) is 0 Å². The molecule has 0 aliphatic carbocycles. The first kappa shape index (κ1) is 35.5. The molecule has 1 aliphatic heterocycles. The SMILES string of the molecule is O=C(CN1C(=O)SC(=Cc2ccc(-c3ccccc3)cc2)C1=O)N[C@@H](Cc1ccc(Br)cc1)C(=O)NS(=O)(=O)c1ccc(Cl)c([N+](=O)[O-])c1. The van der Waals surface area contributed by atoms with Gasteiger partial charge in [0.25, 0.3) is 32.8 Å². The van der Waals surface area contributed by atoms with Gasteiger partial charge >= 0.3 is 0 Å². The van der Waals surface area contributed by atoms with E-state index in [1.165, 1.54) is 6.08 Å². The number of carbonyl (C=O) groups excluding carboxylic acids is 4. The minimum Gasteiger partial charge on any atom is -0.342 e. The Morgan fingerprint density at radius 1 is 0.959 bits per heavy atom. The molecule has 4 amide bonds. The summed E-state index contributed by atoms with van der Waals surface area (Å²) in [4.78, 5) is 63.0. The number of hydrogen-bond acceptors (Lipinski definition) is 9. The van der Waals surface area contributed by atoms with Crippen LogP contribution in [0.2, 0.25) is 5.02 Å². The predicted molar refractivity (Wildman–Crippen MR) is 188 cm³/mol. The summed E-state index contributed by atoms with van der Waals surface area (Å²) in [5.74, 6) is -2.78. The Morgan fingerprint density at radius 2 is 1.61 bits per heavy atom. The highest BCUT2D eigenvalue weighted by atomic mass is 79.9. The third-order valence-electron chi connectivity index (χ3n) is 7.16. The number of benzene rings is 4. The molecule has 1 heterocycles. The summed E-state index contributed by atoms with van der Waals surface area (Å²) in [6.07, 6.45) is 1.36. The van der Waals surface area contributed by atoms with Gasteiger partial charge < -0.3 is 5.32 Å². The van der Waals surface area contributed by atoms with Gasteiger partial charge in [0.15, 0.2) is 0 Å². The van der Waals surface area contributed by atoms with Gasteiger partial charge in [-0.3, -0.25) is 34.2 Å². The molecule has 0 bridgehead atoms. The normalized spacial score (nSPS) is 14.5. The second-order valence-electron chi connectivity index (χ2n) is 10.5. The van der Waals surface area contributed by atoms with Gasteiger partial charge in [-0.25, -0.2) is 13.1 Å². The molecule has 4 aromatic carbocycles. The minimum atomic E-state index is -4.66. The Labute approximate surface area is 297 Å². The maximum absolute atomic E-state index is 13.3. The van der Waals surface area contributed by atoms with Crippen LogP contribution in [0, 0.1) is 10.1 Å². The highest BCUT2D eigenvalue weighted by Gasteiger charge is 2.37. The summed E-state index contributed by atoms with van der Waals surface area (Å²) >= 11 is 9.75. The topological polar surface area (TPSA) is 173 Å². The Hall–Kier alpha value is -4.83. The third kappa shape index (κ3) is 8.80. The van der Waals surface area contributed by atoms with E-state index < -0.39 is 61.1 Å². The third-order valence-corrected chi connectivity index (χ3v) is 10.3. The van der Waals surface area contributed by atoms with Crippen LogP contribution in [-0.2, 0) is 30.8 Å². The van der Waals surface area contributed by atoms with Gasteiger partial charge in [0.2, 0.25) is 5.91 Å². The molecule has 0 unspecified atom stereocenters. The van der Waals surface area contributed by atoms with E-state index in [4.69, 9.17) is 11.6 Å². The second kappa shape index (κ2) is 15.2. The van der Waals surface area contributed by atoms with Gasteiger partial charge in [0.05, 0.1) is 14.7 Å². The van der Waals surface area contributed by atoms with Crippen molar-refractivity contribution in [3.8, 4) is 11.1 Å². The van der Waals surface area contributed by atoms with Crippen molar-refractivity contribution in [2.24, 2.45) is 0 Å². The van der Waals surface area contributed by atoms with Crippen LogP contribution >= 0.6 is 39.3 Å². The molecule has 0 saturated carbocycles. The Balaban J connectivity index is 1.30. The number of halogens is 2. The van der Waals surface area contributed by atoms with Crippen LogP contribution in [0.4, 0.5) is 10.5 Å². The zero-order valence-electron chi connectivity index (χ0n) is 25.0. The van der Waals surface area contributed by atoms with Crippen LogP contribution in [0.15, 0.2) is 111 Å². The molecule has 49 heavy (non-hydrogen) atoms. The minimum absolute atomic E-state index is 0.0950. The molecular formula is C33H24BrClN4O8S2. The Kier molecular flexibility index (Phi) is 11.0. The van der Waals surface area contributed by atoms with Crippen LogP contribution in [0.25, 0.3) is 17.2 Å². The van der Waals surface area contributed by atoms with E-state index in [1.54, 1.807) is 36.4 Å². The lowest BCUT2D eigenvalue weighted by Crippen LogP contribution is -2.52. The monoisotopic (exact) mass is 782 g/mol. The molecule has 1 fully saturated rings. The average molecular weight is 784 g/mol. The van der Waals surface area contributed by atoms with Gasteiger partial charge in [-0.05, 0) is 64.4 Å². The fourth-order valence-corrected chi connectivity index (χ4v) is 7.03. The molecule has 1 aliphatic rings. The van der Waals surface area contributed by atoms with Crippen molar-refractivity contribution in [1.29, 1.82) is 0 Å². The van der Waals surface area contributed by atoms with E-state index in [-0.39, 0.29) is 16.3 Å². The lowest BCUT2D eigenvalue weighted by molar-refractivity contribution is -0.384. The maximum Gasteiger partial charge on any atom is 0.294 e. The number of nitro benzene ring substituents is 1. The second-order valence-corrected chi connectivity index (χ2v) is 14.5. The zero-order chi connectivity index (χ0) is 35.3. The summed E-state index contributed by atoms with van der Waals surface area (Å²) < 4.78 is 28.6. The smallest absolute Gasteiger partial charge is 0.294 e. The summed E-state index contributed by atoms with van der Waals surface area (Å²) in [6.45, 7) is -0.741. The van der Waals surface area contributed by atoms with Crippen LogP contribution < -0.4 is 10.0 Å². The highest BCUT2D eigenvalue weighted by Crippen LogP contribution is 2.32. The van der Waals surface area contributed by atoms with Gasteiger partial charge in [-0.2, -0.15) is 0 Å². The van der Waals surface area contributed by atoms with Crippen molar-refractivity contribution in [3.63, 3.8) is 0 Å². The van der Waals surface area contributed by atoms with Crippen molar-refractivity contribution in [2.45, 2.75) is 17.4 Å².